The number of aliphatic hydroxyl groups excluding tert-OH is 1. The fourth-order valence-corrected chi connectivity index (χ4v) is 4.07. The van der Waals surface area contributed by atoms with Gasteiger partial charge in [0.15, 0.2) is 0 Å². The molecule has 0 aromatic heterocycles. The first kappa shape index (κ1) is 12.0. The third-order valence-electron chi connectivity index (χ3n) is 5.41. The zero-order valence-corrected chi connectivity index (χ0v) is 10.9. The minimum absolute atomic E-state index is 0.0357. The van der Waals surface area contributed by atoms with Crippen molar-refractivity contribution in [3.63, 3.8) is 0 Å². The highest BCUT2D eigenvalue weighted by Gasteiger charge is 2.42. The van der Waals surface area contributed by atoms with Crippen molar-refractivity contribution in [2.75, 3.05) is 6.61 Å². The molecule has 2 nitrogen and oxygen atoms in total. The molecule has 0 aromatic carbocycles. The van der Waals surface area contributed by atoms with E-state index in [-0.39, 0.29) is 11.7 Å². The Kier molecular flexibility index (Phi) is 3.45. The molecule has 1 aliphatic heterocycles. The van der Waals surface area contributed by atoms with Crippen molar-refractivity contribution in [2.45, 2.75) is 75.9 Å². The Morgan fingerprint density at radius 3 is 2.35 bits per heavy atom. The summed E-state index contributed by atoms with van der Waals surface area (Å²) in [6.45, 7) is 0.883. The molecule has 0 radical (unpaired) electrons. The van der Waals surface area contributed by atoms with Crippen LogP contribution < -0.4 is 0 Å². The molecule has 98 valence electrons. The first-order valence-corrected chi connectivity index (χ1v) is 7.61. The van der Waals surface area contributed by atoms with Crippen LogP contribution in [-0.2, 0) is 4.74 Å². The van der Waals surface area contributed by atoms with Gasteiger partial charge in [-0.15, -0.1) is 0 Å². The molecule has 17 heavy (non-hydrogen) atoms. The molecular weight excluding hydrogens is 212 g/mol. The Balaban J connectivity index is 1.61. The van der Waals surface area contributed by atoms with Gasteiger partial charge >= 0.3 is 0 Å². The second-order valence-electron chi connectivity index (χ2n) is 6.53. The number of ether oxygens (including phenoxy) is 1. The predicted octanol–water partition coefficient (Wildman–Crippen LogP) is 3.28. The van der Waals surface area contributed by atoms with Crippen LogP contribution in [0, 0.1) is 11.8 Å². The van der Waals surface area contributed by atoms with Gasteiger partial charge in [0.1, 0.15) is 0 Å². The molecule has 1 N–H and O–H groups in total. The number of aliphatic hydroxyl groups is 1. The van der Waals surface area contributed by atoms with Crippen molar-refractivity contribution >= 4 is 0 Å². The summed E-state index contributed by atoms with van der Waals surface area (Å²) in [6, 6.07) is 0. The lowest BCUT2D eigenvalue weighted by atomic mass is 9.69. The monoisotopic (exact) mass is 238 g/mol. The van der Waals surface area contributed by atoms with Crippen molar-refractivity contribution in [3.8, 4) is 0 Å². The first-order valence-electron chi connectivity index (χ1n) is 7.61. The largest absolute Gasteiger partial charge is 0.393 e. The van der Waals surface area contributed by atoms with Gasteiger partial charge in [-0.05, 0) is 50.4 Å². The van der Waals surface area contributed by atoms with E-state index in [4.69, 9.17) is 4.74 Å². The maximum Gasteiger partial charge on any atom is 0.0686 e. The molecule has 1 heterocycles. The van der Waals surface area contributed by atoms with Gasteiger partial charge in [-0.3, -0.25) is 0 Å². The van der Waals surface area contributed by atoms with Gasteiger partial charge in [-0.2, -0.15) is 0 Å². The molecule has 2 atom stereocenters. The number of hydrogen-bond acceptors (Lipinski definition) is 2. The minimum atomic E-state index is -0.0357. The smallest absolute Gasteiger partial charge is 0.0686 e. The van der Waals surface area contributed by atoms with Gasteiger partial charge in [0, 0.05) is 6.61 Å². The quantitative estimate of drug-likeness (QED) is 0.800. The molecular formula is C15H26O2. The molecule has 0 amide bonds. The van der Waals surface area contributed by atoms with Crippen LogP contribution in [0.2, 0.25) is 0 Å². The first-order chi connectivity index (χ1) is 8.29. The highest BCUT2D eigenvalue weighted by atomic mass is 16.5. The van der Waals surface area contributed by atoms with Crippen LogP contribution in [0.4, 0.5) is 0 Å². The van der Waals surface area contributed by atoms with Crippen molar-refractivity contribution < 1.29 is 9.84 Å². The van der Waals surface area contributed by atoms with Crippen LogP contribution in [0.15, 0.2) is 0 Å². The van der Waals surface area contributed by atoms with Crippen LogP contribution in [-0.4, -0.2) is 23.4 Å². The summed E-state index contributed by atoms with van der Waals surface area (Å²) >= 11 is 0. The van der Waals surface area contributed by atoms with Crippen LogP contribution >= 0.6 is 0 Å². The van der Waals surface area contributed by atoms with E-state index < -0.39 is 0 Å². The summed E-state index contributed by atoms with van der Waals surface area (Å²) in [5.41, 5.74) is 0.159. The van der Waals surface area contributed by atoms with E-state index in [0.29, 0.717) is 11.8 Å². The summed E-state index contributed by atoms with van der Waals surface area (Å²) in [5, 5.41) is 10.5. The molecule has 2 unspecified atom stereocenters. The maximum atomic E-state index is 10.5. The summed E-state index contributed by atoms with van der Waals surface area (Å²) in [5.74, 6) is 1.13. The SMILES string of the molecule is OC(C1CCC1)C1CCOC2(CCCCC2)C1. The van der Waals surface area contributed by atoms with Gasteiger partial charge < -0.3 is 9.84 Å². The molecule has 2 heteroatoms. The average Bonchev–Trinajstić information content (AvgIpc) is 2.28. The van der Waals surface area contributed by atoms with E-state index in [1.807, 2.05) is 0 Å². The summed E-state index contributed by atoms with van der Waals surface area (Å²) < 4.78 is 6.11. The zero-order valence-electron chi connectivity index (χ0n) is 10.9. The lowest BCUT2D eigenvalue weighted by molar-refractivity contribution is -0.142. The fourth-order valence-electron chi connectivity index (χ4n) is 4.07. The van der Waals surface area contributed by atoms with Crippen LogP contribution in [0.1, 0.15) is 64.2 Å². The standard InChI is InChI=1S/C15H26O2/c16-14(12-5-4-6-12)13-7-10-17-15(11-13)8-2-1-3-9-15/h12-14,16H,1-11H2. The summed E-state index contributed by atoms with van der Waals surface area (Å²) in [4.78, 5) is 0. The number of hydrogen-bond donors (Lipinski definition) is 1. The molecule has 3 rings (SSSR count). The van der Waals surface area contributed by atoms with Crippen LogP contribution in [0.25, 0.3) is 0 Å². The number of rotatable bonds is 2. The van der Waals surface area contributed by atoms with E-state index in [0.717, 1.165) is 19.4 Å². The van der Waals surface area contributed by atoms with Crippen molar-refractivity contribution in [3.05, 3.63) is 0 Å². The normalized spacial score (nSPS) is 35.5. The van der Waals surface area contributed by atoms with Gasteiger partial charge in [-0.25, -0.2) is 0 Å². The Morgan fingerprint density at radius 2 is 1.71 bits per heavy atom. The predicted molar refractivity (Wildman–Crippen MR) is 67.8 cm³/mol. The molecule has 3 aliphatic rings. The van der Waals surface area contributed by atoms with Crippen LogP contribution in [0.3, 0.4) is 0 Å². The van der Waals surface area contributed by atoms with Gasteiger partial charge in [0.2, 0.25) is 0 Å². The molecule has 0 aromatic rings. The van der Waals surface area contributed by atoms with Crippen molar-refractivity contribution in [1.82, 2.24) is 0 Å². The third kappa shape index (κ3) is 2.39. The van der Waals surface area contributed by atoms with Crippen molar-refractivity contribution in [1.29, 1.82) is 0 Å². The van der Waals surface area contributed by atoms with Gasteiger partial charge in [-0.1, -0.05) is 25.7 Å². The zero-order chi connectivity index (χ0) is 11.7. The van der Waals surface area contributed by atoms with Crippen molar-refractivity contribution in [2.24, 2.45) is 11.8 Å². The van der Waals surface area contributed by atoms with E-state index >= 15 is 0 Å². The lowest BCUT2D eigenvalue weighted by Crippen LogP contribution is -2.46. The Hall–Kier alpha value is -0.0800. The summed E-state index contributed by atoms with van der Waals surface area (Å²) in [6.07, 6.45) is 12.5. The molecule has 3 fully saturated rings. The second-order valence-corrected chi connectivity index (χ2v) is 6.53. The van der Waals surface area contributed by atoms with E-state index in [2.05, 4.69) is 0 Å². The topological polar surface area (TPSA) is 29.5 Å². The molecule has 1 spiro atoms. The highest BCUT2D eigenvalue weighted by Crippen LogP contribution is 2.44. The Bertz CT molecular complexity index is 248. The summed E-state index contributed by atoms with van der Waals surface area (Å²) in [7, 11) is 0. The average molecular weight is 238 g/mol. The second kappa shape index (κ2) is 4.89. The van der Waals surface area contributed by atoms with E-state index in [1.54, 1.807) is 0 Å². The Labute approximate surface area is 105 Å². The molecule has 0 bridgehead atoms. The van der Waals surface area contributed by atoms with Gasteiger partial charge in [0.25, 0.3) is 0 Å². The highest BCUT2D eigenvalue weighted by molar-refractivity contribution is 4.93. The van der Waals surface area contributed by atoms with E-state index in [9.17, 15) is 5.11 Å². The molecule has 2 saturated carbocycles. The molecule has 1 saturated heterocycles. The van der Waals surface area contributed by atoms with E-state index in [1.165, 1.54) is 51.4 Å². The third-order valence-corrected chi connectivity index (χ3v) is 5.41. The maximum absolute atomic E-state index is 10.5. The lowest BCUT2D eigenvalue weighted by Gasteiger charge is -2.46. The fraction of sp³-hybridized carbons (Fsp3) is 1.00. The minimum Gasteiger partial charge on any atom is -0.393 e. The molecule has 2 aliphatic carbocycles. The van der Waals surface area contributed by atoms with Crippen LogP contribution in [0.5, 0.6) is 0 Å². The Morgan fingerprint density at radius 1 is 0.941 bits per heavy atom. The van der Waals surface area contributed by atoms with Gasteiger partial charge in [0.05, 0.1) is 11.7 Å².